The fourth-order valence-corrected chi connectivity index (χ4v) is 1.97. The topological polar surface area (TPSA) is 41.1 Å². The van der Waals surface area contributed by atoms with Gasteiger partial charge in [0.15, 0.2) is 0 Å². The monoisotopic (exact) mass is 248 g/mol. The molecule has 0 aliphatic carbocycles. The van der Waals surface area contributed by atoms with Gasteiger partial charge in [-0.2, -0.15) is 0 Å². The van der Waals surface area contributed by atoms with Crippen molar-refractivity contribution in [3.05, 3.63) is 35.9 Å². The molecule has 100 valence electrons. The normalized spacial score (nSPS) is 12.4. The van der Waals surface area contributed by atoms with Crippen molar-refractivity contribution in [1.29, 1.82) is 0 Å². The average molecular weight is 248 g/mol. The van der Waals surface area contributed by atoms with Crippen molar-refractivity contribution in [1.82, 2.24) is 10.6 Å². The maximum atomic E-state index is 11.5. The molecule has 0 saturated heterocycles. The lowest BCUT2D eigenvalue weighted by Crippen LogP contribution is -2.36. The van der Waals surface area contributed by atoms with Crippen molar-refractivity contribution >= 4 is 5.91 Å². The first-order valence-electron chi connectivity index (χ1n) is 6.68. The average Bonchev–Trinajstić information content (AvgIpc) is 2.35. The van der Waals surface area contributed by atoms with E-state index in [0.717, 1.165) is 6.42 Å². The van der Waals surface area contributed by atoms with Gasteiger partial charge in [0.25, 0.3) is 0 Å². The minimum Gasteiger partial charge on any atom is -0.355 e. The molecule has 1 rings (SSSR count). The molecule has 0 aromatic heterocycles. The molecule has 1 amide bonds. The lowest BCUT2D eigenvalue weighted by Gasteiger charge is -2.21. The smallest absolute Gasteiger partial charge is 0.233 e. The van der Waals surface area contributed by atoms with Crippen molar-refractivity contribution in [3.8, 4) is 0 Å². The number of carbonyl (C=O) groups is 1. The van der Waals surface area contributed by atoms with E-state index in [0.29, 0.717) is 19.0 Å². The highest BCUT2D eigenvalue weighted by atomic mass is 16.1. The Morgan fingerprint density at radius 2 is 1.89 bits per heavy atom. The van der Waals surface area contributed by atoms with Gasteiger partial charge in [0.05, 0.1) is 6.54 Å². The van der Waals surface area contributed by atoms with Crippen LogP contribution in [-0.2, 0) is 4.79 Å². The van der Waals surface area contributed by atoms with Crippen LogP contribution in [0.2, 0.25) is 0 Å². The molecule has 1 unspecified atom stereocenters. The van der Waals surface area contributed by atoms with Gasteiger partial charge in [0.2, 0.25) is 5.91 Å². The van der Waals surface area contributed by atoms with E-state index in [9.17, 15) is 4.79 Å². The second kappa shape index (κ2) is 7.88. The molecule has 0 radical (unpaired) electrons. The molecule has 3 nitrogen and oxygen atoms in total. The molecule has 3 heteroatoms. The minimum atomic E-state index is 0.0576. The van der Waals surface area contributed by atoms with Crippen LogP contribution in [0.15, 0.2) is 30.3 Å². The summed E-state index contributed by atoms with van der Waals surface area (Å²) in [4.78, 5) is 11.5. The third-order valence-corrected chi connectivity index (χ3v) is 2.79. The third-order valence-electron chi connectivity index (χ3n) is 2.79. The first-order valence-corrected chi connectivity index (χ1v) is 6.68. The van der Waals surface area contributed by atoms with Gasteiger partial charge in [-0.05, 0) is 24.8 Å². The van der Waals surface area contributed by atoms with E-state index in [1.165, 1.54) is 5.56 Å². The van der Waals surface area contributed by atoms with Crippen molar-refractivity contribution in [2.75, 3.05) is 13.1 Å². The van der Waals surface area contributed by atoms with Crippen LogP contribution in [0.1, 0.15) is 38.8 Å². The molecule has 0 aliphatic rings. The summed E-state index contributed by atoms with van der Waals surface area (Å²) in [6.07, 6.45) is 1.03. The molecular weight excluding hydrogens is 224 g/mol. The van der Waals surface area contributed by atoms with E-state index >= 15 is 0 Å². The minimum absolute atomic E-state index is 0.0576. The fourth-order valence-electron chi connectivity index (χ4n) is 1.97. The van der Waals surface area contributed by atoms with E-state index < -0.39 is 0 Å². The predicted octanol–water partition coefficient (Wildman–Crippen LogP) is 2.50. The summed E-state index contributed by atoms with van der Waals surface area (Å²) in [5.41, 5.74) is 1.25. The van der Waals surface area contributed by atoms with E-state index in [2.05, 4.69) is 36.6 Å². The van der Waals surface area contributed by atoms with Crippen molar-refractivity contribution in [2.24, 2.45) is 5.92 Å². The number of amides is 1. The zero-order valence-electron chi connectivity index (χ0n) is 11.6. The zero-order chi connectivity index (χ0) is 13.4. The lowest BCUT2D eigenvalue weighted by atomic mass is 9.97. The van der Waals surface area contributed by atoms with Crippen LogP contribution in [0.25, 0.3) is 0 Å². The van der Waals surface area contributed by atoms with Gasteiger partial charge < -0.3 is 10.6 Å². The third kappa shape index (κ3) is 5.32. The Labute approximate surface area is 110 Å². The number of rotatable bonds is 7. The predicted molar refractivity (Wildman–Crippen MR) is 75.3 cm³/mol. The number of carbonyl (C=O) groups excluding carboxylic acids is 1. The Morgan fingerprint density at radius 1 is 1.22 bits per heavy atom. The molecule has 1 aromatic carbocycles. The lowest BCUT2D eigenvalue weighted by molar-refractivity contribution is -0.120. The van der Waals surface area contributed by atoms with Gasteiger partial charge in [-0.3, -0.25) is 4.79 Å². The Hall–Kier alpha value is -1.35. The van der Waals surface area contributed by atoms with Gasteiger partial charge in [-0.1, -0.05) is 44.2 Å². The van der Waals surface area contributed by atoms with Crippen LogP contribution in [0.3, 0.4) is 0 Å². The summed E-state index contributed by atoms with van der Waals surface area (Å²) in [5, 5.41) is 6.14. The van der Waals surface area contributed by atoms with Gasteiger partial charge >= 0.3 is 0 Å². The Bertz CT molecular complexity index is 349. The van der Waals surface area contributed by atoms with E-state index in [4.69, 9.17) is 0 Å². The SMILES string of the molecule is CCNC(=O)CNC(CC(C)C)c1ccccc1. The molecule has 1 aromatic rings. The highest BCUT2D eigenvalue weighted by molar-refractivity contribution is 5.77. The molecular formula is C15H24N2O. The first kappa shape index (κ1) is 14.7. The maximum absolute atomic E-state index is 11.5. The van der Waals surface area contributed by atoms with Crippen molar-refractivity contribution in [3.63, 3.8) is 0 Å². The van der Waals surface area contributed by atoms with Crippen LogP contribution >= 0.6 is 0 Å². The molecule has 1 atom stereocenters. The van der Waals surface area contributed by atoms with Crippen LogP contribution in [0, 0.1) is 5.92 Å². The van der Waals surface area contributed by atoms with E-state index in [1.54, 1.807) is 0 Å². The second-order valence-corrected chi connectivity index (χ2v) is 4.93. The summed E-state index contributed by atoms with van der Waals surface area (Å²) in [7, 11) is 0. The standard InChI is InChI=1S/C15H24N2O/c1-4-16-15(18)11-17-14(10-12(2)3)13-8-6-5-7-9-13/h5-9,12,14,17H,4,10-11H2,1-3H3,(H,16,18). The Morgan fingerprint density at radius 3 is 2.44 bits per heavy atom. The van der Waals surface area contributed by atoms with Gasteiger partial charge in [0, 0.05) is 12.6 Å². The van der Waals surface area contributed by atoms with Crippen LogP contribution < -0.4 is 10.6 Å². The summed E-state index contributed by atoms with van der Waals surface area (Å²) < 4.78 is 0. The number of benzene rings is 1. The van der Waals surface area contributed by atoms with Crippen molar-refractivity contribution < 1.29 is 4.79 Å². The molecule has 2 N–H and O–H groups in total. The molecule has 0 bridgehead atoms. The largest absolute Gasteiger partial charge is 0.355 e. The molecule has 0 spiro atoms. The Balaban J connectivity index is 2.59. The molecule has 0 fully saturated rings. The quantitative estimate of drug-likeness (QED) is 0.778. The van der Waals surface area contributed by atoms with Crippen LogP contribution in [0.4, 0.5) is 0 Å². The van der Waals surface area contributed by atoms with Gasteiger partial charge in [-0.25, -0.2) is 0 Å². The zero-order valence-corrected chi connectivity index (χ0v) is 11.6. The fraction of sp³-hybridized carbons (Fsp3) is 0.533. The summed E-state index contributed by atoms with van der Waals surface area (Å²) in [5.74, 6) is 0.652. The summed E-state index contributed by atoms with van der Waals surface area (Å²) in [6, 6.07) is 10.6. The molecule has 0 heterocycles. The van der Waals surface area contributed by atoms with Crippen LogP contribution in [-0.4, -0.2) is 19.0 Å². The number of likely N-dealkylation sites (N-methyl/N-ethyl adjacent to an activating group) is 1. The van der Waals surface area contributed by atoms with Crippen LogP contribution in [0.5, 0.6) is 0 Å². The van der Waals surface area contributed by atoms with Crippen molar-refractivity contribution in [2.45, 2.75) is 33.2 Å². The molecule has 0 aliphatic heterocycles. The highest BCUT2D eigenvalue weighted by Gasteiger charge is 2.13. The van der Waals surface area contributed by atoms with E-state index in [-0.39, 0.29) is 11.9 Å². The number of nitrogens with one attached hydrogen (secondary N) is 2. The van der Waals surface area contributed by atoms with E-state index in [1.807, 2.05) is 25.1 Å². The van der Waals surface area contributed by atoms with Gasteiger partial charge in [-0.15, -0.1) is 0 Å². The summed E-state index contributed by atoms with van der Waals surface area (Å²) >= 11 is 0. The first-order chi connectivity index (χ1) is 8.63. The molecule has 18 heavy (non-hydrogen) atoms. The Kier molecular flexibility index (Phi) is 6.44. The maximum Gasteiger partial charge on any atom is 0.233 e. The highest BCUT2D eigenvalue weighted by Crippen LogP contribution is 2.20. The molecule has 0 saturated carbocycles. The second-order valence-electron chi connectivity index (χ2n) is 4.93. The number of hydrogen-bond donors (Lipinski definition) is 2. The summed E-state index contributed by atoms with van der Waals surface area (Å²) in [6.45, 7) is 7.38. The number of hydrogen-bond acceptors (Lipinski definition) is 2. The van der Waals surface area contributed by atoms with Gasteiger partial charge in [0.1, 0.15) is 0 Å².